The maximum absolute atomic E-state index is 13.0. The molecule has 30 heavy (non-hydrogen) atoms. The molecule has 2 aromatic rings. The summed E-state index contributed by atoms with van der Waals surface area (Å²) >= 11 is 16.9. The number of phenols is 1. The maximum Gasteiger partial charge on any atom is 0.323 e. The van der Waals surface area contributed by atoms with Crippen molar-refractivity contribution >= 4 is 73.4 Å². The van der Waals surface area contributed by atoms with Crippen LogP contribution in [0.2, 0.25) is 15.1 Å². The van der Waals surface area contributed by atoms with Crippen molar-refractivity contribution in [1.29, 1.82) is 0 Å². The van der Waals surface area contributed by atoms with E-state index in [2.05, 4.69) is 10.6 Å². The fourth-order valence-corrected chi connectivity index (χ4v) is 6.43. The molecule has 1 aliphatic rings. The molecule has 162 valence electrons. The average Bonchev–Trinajstić information content (AvgIpc) is 2.68. The van der Waals surface area contributed by atoms with Crippen molar-refractivity contribution < 1.29 is 22.9 Å². The number of amides is 2. The molecular formula is C17H16Cl3N3O5S2. The second-order valence-corrected chi connectivity index (χ2v) is 11.0. The van der Waals surface area contributed by atoms with Crippen LogP contribution in [0.5, 0.6) is 5.75 Å². The number of aromatic hydroxyl groups is 1. The lowest BCUT2D eigenvalue weighted by Gasteiger charge is -2.28. The van der Waals surface area contributed by atoms with Crippen LogP contribution in [0.25, 0.3) is 0 Å². The second kappa shape index (κ2) is 9.39. The zero-order chi connectivity index (χ0) is 22.1. The second-order valence-electron chi connectivity index (χ2n) is 6.21. The molecule has 0 unspecified atom stereocenters. The summed E-state index contributed by atoms with van der Waals surface area (Å²) in [7, 11) is -4.17. The van der Waals surface area contributed by atoms with Gasteiger partial charge in [-0.15, -0.1) is 0 Å². The molecule has 2 aromatic carbocycles. The molecular weight excluding hydrogens is 497 g/mol. The average molecular weight is 513 g/mol. The summed E-state index contributed by atoms with van der Waals surface area (Å²) in [5, 5.41) is 15.5. The minimum Gasteiger partial charge on any atom is -0.616 e. The van der Waals surface area contributed by atoms with Crippen LogP contribution in [0.3, 0.4) is 0 Å². The molecule has 0 saturated carbocycles. The Kier molecular flexibility index (Phi) is 7.28. The molecule has 0 bridgehead atoms. The fourth-order valence-electron chi connectivity index (χ4n) is 2.76. The first-order valence-corrected chi connectivity index (χ1v) is 12.6. The molecule has 0 aromatic heterocycles. The third-order valence-electron chi connectivity index (χ3n) is 4.27. The Balaban J connectivity index is 1.85. The van der Waals surface area contributed by atoms with Crippen LogP contribution in [-0.2, 0) is 21.2 Å². The van der Waals surface area contributed by atoms with Crippen molar-refractivity contribution in [3.8, 4) is 5.75 Å². The molecule has 0 atom stereocenters. The summed E-state index contributed by atoms with van der Waals surface area (Å²) in [4.78, 5) is 11.8. The lowest BCUT2D eigenvalue weighted by atomic mass is 10.3. The fraction of sp³-hybridized carbons (Fsp3) is 0.235. The van der Waals surface area contributed by atoms with Crippen LogP contribution in [0.15, 0.2) is 35.2 Å². The number of halogens is 3. The van der Waals surface area contributed by atoms with Crippen molar-refractivity contribution in [2.24, 2.45) is 0 Å². The lowest BCUT2D eigenvalue weighted by molar-refractivity contribution is 0.262. The number of rotatable bonds is 4. The SMILES string of the molecule is O=C(Nc1ccc(Cl)c(S(=O)(=O)N2CC[S+]([O-])CC2)c1O)Nc1cccc(Cl)c1Cl. The first-order chi connectivity index (χ1) is 14.1. The predicted molar refractivity (Wildman–Crippen MR) is 119 cm³/mol. The molecule has 1 aliphatic heterocycles. The number of anilines is 2. The molecule has 0 radical (unpaired) electrons. The van der Waals surface area contributed by atoms with E-state index in [4.69, 9.17) is 34.8 Å². The summed E-state index contributed by atoms with van der Waals surface area (Å²) in [5.74, 6) is -0.321. The Hall–Kier alpha value is -1.40. The molecule has 0 aliphatic carbocycles. The standard InChI is InChI=1S/C17H16Cl3N3O5S2/c18-10-2-1-3-12(14(10)20)21-17(25)22-13-5-4-11(19)16(15(13)24)30(27,28)23-6-8-29(26)9-7-23/h1-5,24H,6-9H2,(H2,21,22,25). The maximum atomic E-state index is 13.0. The van der Waals surface area contributed by atoms with Gasteiger partial charge in [0.2, 0.25) is 10.0 Å². The minimum absolute atomic E-state index is 0.0378. The number of sulfonamides is 1. The van der Waals surface area contributed by atoms with Crippen molar-refractivity contribution in [3.05, 3.63) is 45.4 Å². The molecule has 2 amide bonds. The van der Waals surface area contributed by atoms with E-state index in [9.17, 15) is 22.9 Å². The van der Waals surface area contributed by atoms with Gasteiger partial charge in [-0.25, -0.2) is 13.2 Å². The van der Waals surface area contributed by atoms with Gasteiger partial charge in [-0.3, -0.25) is 0 Å². The molecule has 1 heterocycles. The van der Waals surface area contributed by atoms with Crippen molar-refractivity contribution in [2.45, 2.75) is 4.90 Å². The van der Waals surface area contributed by atoms with Crippen molar-refractivity contribution in [1.82, 2.24) is 4.31 Å². The summed E-state index contributed by atoms with van der Waals surface area (Å²) in [6.07, 6.45) is 0. The van der Waals surface area contributed by atoms with Crippen LogP contribution in [-0.4, -0.2) is 53.0 Å². The molecule has 0 spiro atoms. The van der Waals surface area contributed by atoms with Crippen molar-refractivity contribution in [3.63, 3.8) is 0 Å². The Labute approximate surface area is 191 Å². The quantitative estimate of drug-likeness (QED) is 0.425. The van der Waals surface area contributed by atoms with E-state index in [1.807, 2.05) is 0 Å². The third kappa shape index (κ3) is 4.91. The number of nitrogens with zero attached hydrogens (tertiary/aromatic N) is 1. The first kappa shape index (κ1) is 23.3. The highest BCUT2D eigenvalue weighted by molar-refractivity contribution is 7.92. The zero-order valence-electron chi connectivity index (χ0n) is 15.2. The Bertz CT molecular complexity index is 1080. The minimum atomic E-state index is -4.17. The van der Waals surface area contributed by atoms with Gasteiger partial charge in [-0.2, -0.15) is 4.31 Å². The monoisotopic (exact) mass is 511 g/mol. The van der Waals surface area contributed by atoms with Gasteiger partial charge < -0.3 is 20.3 Å². The van der Waals surface area contributed by atoms with Gasteiger partial charge in [0, 0.05) is 0 Å². The number of hydrogen-bond acceptors (Lipinski definition) is 5. The highest BCUT2D eigenvalue weighted by atomic mass is 35.5. The lowest BCUT2D eigenvalue weighted by Crippen LogP contribution is -2.43. The molecule has 3 N–H and O–H groups in total. The van der Waals surface area contributed by atoms with Gasteiger partial charge in [0.25, 0.3) is 0 Å². The largest absolute Gasteiger partial charge is 0.616 e. The summed E-state index contributed by atoms with van der Waals surface area (Å²) in [5.41, 5.74) is 0.0542. The van der Waals surface area contributed by atoms with E-state index in [1.54, 1.807) is 12.1 Å². The molecule has 13 heteroatoms. The van der Waals surface area contributed by atoms with E-state index in [1.165, 1.54) is 18.2 Å². The zero-order valence-corrected chi connectivity index (χ0v) is 19.1. The van der Waals surface area contributed by atoms with Crippen LogP contribution in [0, 0.1) is 0 Å². The van der Waals surface area contributed by atoms with E-state index < -0.39 is 37.9 Å². The Morgan fingerprint density at radius 3 is 2.33 bits per heavy atom. The Morgan fingerprint density at radius 2 is 1.67 bits per heavy atom. The van der Waals surface area contributed by atoms with Crippen molar-refractivity contribution in [2.75, 3.05) is 35.2 Å². The van der Waals surface area contributed by atoms with Gasteiger partial charge >= 0.3 is 6.03 Å². The van der Waals surface area contributed by atoms with Gasteiger partial charge in [-0.1, -0.05) is 52.0 Å². The summed E-state index contributed by atoms with van der Waals surface area (Å²) < 4.78 is 38.6. The smallest absolute Gasteiger partial charge is 0.323 e. The Morgan fingerprint density at radius 1 is 1.03 bits per heavy atom. The topological polar surface area (TPSA) is 122 Å². The normalized spacial score (nSPS) is 15.7. The van der Waals surface area contributed by atoms with Crippen LogP contribution < -0.4 is 10.6 Å². The molecule has 1 fully saturated rings. The molecule has 1 saturated heterocycles. The number of benzene rings is 2. The summed E-state index contributed by atoms with van der Waals surface area (Å²) in [6.45, 7) is 0.0756. The number of nitrogens with one attached hydrogen (secondary N) is 2. The number of carbonyl (C=O) groups excluding carboxylic acids is 1. The number of hydrogen-bond donors (Lipinski definition) is 3. The van der Waals surface area contributed by atoms with Gasteiger partial charge in [-0.05, 0) is 24.3 Å². The van der Waals surface area contributed by atoms with Crippen LogP contribution in [0.4, 0.5) is 16.2 Å². The van der Waals surface area contributed by atoms with E-state index in [0.29, 0.717) is 0 Å². The van der Waals surface area contributed by atoms with Gasteiger partial charge in [0.05, 0.1) is 39.5 Å². The van der Waals surface area contributed by atoms with E-state index in [0.717, 1.165) is 4.31 Å². The molecule has 3 rings (SSSR count). The highest BCUT2D eigenvalue weighted by Crippen LogP contribution is 2.39. The van der Waals surface area contributed by atoms with Gasteiger partial charge in [0.1, 0.15) is 16.4 Å². The number of urea groups is 1. The van der Waals surface area contributed by atoms with Crippen LogP contribution >= 0.6 is 34.8 Å². The summed E-state index contributed by atoms with van der Waals surface area (Å²) in [6, 6.07) is 6.38. The third-order valence-corrected chi connectivity index (χ3v) is 8.76. The highest BCUT2D eigenvalue weighted by Gasteiger charge is 2.35. The van der Waals surface area contributed by atoms with Gasteiger partial charge in [0.15, 0.2) is 5.75 Å². The van der Waals surface area contributed by atoms with Crippen LogP contribution in [0.1, 0.15) is 0 Å². The first-order valence-electron chi connectivity index (χ1n) is 8.50. The van der Waals surface area contributed by atoms with E-state index in [-0.39, 0.29) is 51.0 Å². The predicted octanol–water partition coefficient (Wildman–Crippen LogP) is 3.75. The number of phenolic OH excluding ortho intramolecular Hbond substituents is 1. The van der Waals surface area contributed by atoms with E-state index >= 15 is 0 Å². The number of carbonyl (C=O) groups is 1. The molecule has 8 nitrogen and oxygen atoms in total.